The van der Waals surface area contributed by atoms with E-state index in [0.29, 0.717) is 0 Å². The van der Waals surface area contributed by atoms with E-state index < -0.39 is 0 Å². The van der Waals surface area contributed by atoms with E-state index in [0.717, 1.165) is 5.92 Å². The van der Waals surface area contributed by atoms with Crippen molar-refractivity contribution < 1.29 is 4.48 Å². The van der Waals surface area contributed by atoms with Crippen LogP contribution in [0.1, 0.15) is 20.3 Å². The van der Waals surface area contributed by atoms with Gasteiger partial charge in [-0.1, -0.05) is 13.8 Å². The van der Waals surface area contributed by atoms with Crippen molar-refractivity contribution in [3.63, 3.8) is 0 Å². The van der Waals surface area contributed by atoms with Crippen molar-refractivity contribution in [2.24, 2.45) is 5.92 Å². The molecular formula is C12H28NS+. The average molecular weight is 218 g/mol. The Hall–Kier alpha value is 0.310. The maximum Gasteiger partial charge on any atom is 0.0859 e. The smallest absolute Gasteiger partial charge is 0.0859 e. The lowest BCUT2D eigenvalue weighted by atomic mass is 10.2. The number of hydrogen-bond donors (Lipinski definition) is 0. The van der Waals surface area contributed by atoms with Crippen LogP contribution in [0.15, 0.2) is 0 Å². The van der Waals surface area contributed by atoms with Gasteiger partial charge >= 0.3 is 0 Å². The predicted octanol–water partition coefficient (Wildman–Crippen LogP) is 2.56. The zero-order chi connectivity index (χ0) is 10.8. The lowest BCUT2D eigenvalue weighted by molar-refractivity contribution is -0.886. The minimum absolute atomic E-state index is 0.222. The van der Waals surface area contributed by atoms with E-state index in [2.05, 4.69) is 34.2 Å². The van der Waals surface area contributed by atoms with Crippen molar-refractivity contribution in [1.29, 1.82) is 0 Å². The topological polar surface area (TPSA) is 0 Å². The molecule has 1 fully saturated rings. The van der Waals surface area contributed by atoms with Crippen LogP contribution in [0.4, 0.5) is 0 Å². The molecule has 0 saturated carbocycles. The van der Waals surface area contributed by atoms with Crippen molar-refractivity contribution >= 4 is 10.0 Å². The molecule has 0 atom stereocenters. The maximum absolute atomic E-state index is 2.58. The second-order valence-corrected chi connectivity index (χ2v) is 10.3. The van der Waals surface area contributed by atoms with Crippen molar-refractivity contribution in [2.45, 2.75) is 20.3 Å². The molecule has 0 N–H and O–H groups in total. The van der Waals surface area contributed by atoms with E-state index in [9.17, 15) is 0 Å². The molecule has 0 bridgehead atoms. The molecular weight excluding hydrogens is 190 g/mol. The predicted molar refractivity (Wildman–Crippen MR) is 69.4 cm³/mol. The van der Waals surface area contributed by atoms with Crippen molar-refractivity contribution in [3.8, 4) is 0 Å². The zero-order valence-electron chi connectivity index (χ0n) is 10.7. The van der Waals surface area contributed by atoms with E-state index in [4.69, 9.17) is 0 Å². The van der Waals surface area contributed by atoms with Gasteiger partial charge in [0.1, 0.15) is 0 Å². The first-order valence-electron chi connectivity index (χ1n) is 5.86. The fraction of sp³-hybridized carbons (Fsp3) is 1.00. The highest BCUT2D eigenvalue weighted by molar-refractivity contribution is 8.33. The van der Waals surface area contributed by atoms with E-state index >= 15 is 0 Å². The second-order valence-electron chi connectivity index (χ2n) is 6.16. The van der Waals surface area contributed by atoms with Gasteiger partial charge in [0.2, 0.25) is 0 Å². The SMILES string of the molecule is CC(C)CCS1(C)CC[N+](C)(C)CC1. The monoisotopic (exact) mass is 218 g/mol. The lowest BCUT2D eigenvalue weighted by Crippen LogP contribution is -2.49. The first-order valence-corrected chi connectivity index (χ1v) is 8.41. The van der Waals surface area contributed by atoms with Crippen LogP contribution in [0.5, 0.6) is 0 Å². The van der Waals surface area contributed by atoms with E-state index in [-0.39, 0.29) is 10.0 Å². The van der Waals surface area contributed by atoms with Crippen LogP contribution in [-0.2, 0) is 0 Å². The van der Waals surface area contributed by atoms with E-state index in [1.165, 1.54) is 41.3 Å². The molecule has 1 aliphatic heterocycles. The summed E-state index contributed by atoms with van der Waals surface area (Å²) < 4.78 is 1.25. The molecule has 0 aromatic carbocycles. The number of rotatable bonds is 3. The van der Waals surface area contributed by atoms with Crippen LogP contribution in [0.25, 0.3) is 0 Å². The molecule has 0 spiro atoms. The molecule has 0 aromatic heterocycles. The molecule has 86 valence electrons. The van der Waals surface area contributed by atoms with Crippen LogP contribution in [0.3, 0.4) is 0 Å². The van der Waals surface area contributed by atoms with Gasteiger partial charge in [0.25, 0.3) is 0 Å². The Morgan fingerprint density at radius 3 is 2.07 bits per heavy atom. The molecule has 1 nitrogen and oxygen atoms in total. The summed E-state index contributed by atoms with van der Waals surface area (Å²) in [6.45, 7) is 7.52. The minimum Gasteiger partial charge on any atom is -0.327 e. The Bertz CT molecular complexity index is 171. The van der Waals surface area contributed by atoms with Gasteiger partial charge in [-0.3, -0.25) is 0 Å². The molecule has 0 aliphatic carbocycles. The summed E-state index contributed by atoms with van der Waals surface area (Å²) in [7, 11) is 4.53. The van der Waals surface area contributed by atoms with Gasteiger partial charge in [0.05, 0.1) is 27.2 Å². The Morgan fingerprint density at radius 1 is 1.14 bits per heavy atom. The van der Waals surface area contributed by atoms with Crippen molar-refractivity contribution in [2.75, 3.05) is 50.7 Å². The lowest BCUT2D eigenvalue weighted by Gasteiger charge is -2.46. The normalized spacial score (nSPS) is 27.6. The summed E-state index contributed by atoms with van der Waals surface area (Å²) in [4.78, 5) is 0. The third-order valence-electron chi connectivity index (χ3n) is 3.57. The van der Waals surface area contributed by atoms with Gasteiger partial charge < -0.3 is 4.48 Å². The van der Waals surface area contributed by atoms with Crippen molar-refractivity contribution in [3.05, 3.63) is 0 Å². The van der Waals surface area contributed by atoms with Crippen LogP contribution >= 0.6 is 10.0 Å². The first-order chi connectivity index (χ1) is 6.33. The molecule has 14 heavy (non-hydrogen) atoms. The molecule has 2 heteroatoms. The average Bonchev–Trinajstić information content (AvgIpc) is 2.08. The minimum atomic E-state index is -0.222. The molecule has 0 radical (unpaired) electrons. The van der Waals surface area contributed by atoms with Gasteiger partial charge in [-0.05, 0) is 24.3 Å². The first kappa shape index (κ1) is 12.4. The molecule has 0 unspecified atom stereocenters. The third kappa shape index (κ3) is 3.82. The molecule has 1 saturated heterocycles. The second kappa shape index (κ2) is 4.44. The van der Waals surface area contributed by atoms with Gasteiger partial charge in [0, 0.05) is 11.5 Å². The van der Waals surface area contributed by atoms with Gasteiger partial charge in [-0.2, -0.15) is 0 Å². The number of nitrogens with zero attached hydrogens (tertiary/aromatic N) is 1. The Labute approximate surface area is 91.8 Å². The van der Waals surface area contributed by atoms with E-state index in [1.54, 1.807) is 0 Å². The quantitative estimate of drug-likeness (QED) is 0.639. The molecule has 1 heterocycles. The summed E-state index contributed by atoms with van der Waals surface area (Å²) in [5.41, 5.74) is 0. The Morgan fingerprint density at radius 2 is 1.64 bits per heavy atom. The maximum atomic E-state index is 2.58. The fourth-order valence-electron chi connectivity index (χ4n) is 1.87. The Balaban J connectivity index is 2.37. The van der Waals surface area contributed by atoms with Crippen LogP contribution in [0, 0.1) is 5.92 Å². The highest BCUT2D eigenvalue weighted by Gasteiger charge is 2.30. The highest BCUT2D eigenvalue weighted by atomic mass is 32.3. The zero-order valence-corrected chi connectivity index (χ0v) is 11.5. The highest BCUT2D eigenvalue weighted by Crippen LogP contribution is 2.47. The van der Waals surface area contributed by atoms with Crippen molar-refractivity contribution in [1.82, 2.24) is 0 Å². The van der Waals surface area contributed by atoms with Gasteiger partial charge in [0.15, 0.2) is 0 Å². The molecule has 0 amide bonds. The van der Waals surface area contributed by atoms with Gasteiger partial charge in [-0.15, -0.1) is 0 Å². The van der Waals surface area contributed by atoms with Gasteiger partial charge in [-0.25, -0.2) is 10.0 Å². The molecule has 1 rings (SSSR count). The standard InChI is InChI=1S/C12H28NS/c1-12(2)6-9-14(5)10-7-13(3,4)8-11-14/h12H,6-11H2,1-5H3/q+1. The van der Waals surface area contributed by atoms with Crippen LogP contribution in [0.2, 0.25) is 0 Å². The fourth-order valence-corrected chi connectivity index (χ4v) is 5.40. The summed E-state index contributed by atoms with van der Waals surface area (Å²) in [6.07, 6.45) is 4.02. The summed E-state index contributed by atoms with van der Waals surface area (Å²) >= 11 is 0. The molecule has 0 aromatic rings. The summed E-state index contributed by atoms with van der Waals surface area (Å²) in [5.74, 6) is 5.42. The number of quaternary nitrogens is 1. The molecule has 1 aliphatic rings. The van der Waals surface area contributed by atoms with E-state index in [1.807, 2.05) is 0 Å². The van der Waals surface area contributed by atoms with Crippen LogP contribution < -0.4 is 0 Å². The Kier molecular flexibility index (Phi) is 3.93. The summed E-state index contributed by atoms with van der Waals surface area (Å²) in [6, 6.07) is 0. The largest absolute Gasteiger partial charge is 0.327 e. The summed E-state index contributed by atoms with van der Waals surface area (Å²) in [5, 5.41) is 0. The third-order valence-corrected chi connectivity index (χ3v) is 7.12. The number of hydrogen-bond acceptors (Lipinski definition) is 0. The van der Waals surface area contributed by atoms with Crippen LogP contribution in [-0.4, -0.2) is 55.2 Å².